The first-order valence-electron chi connectivity index (χ1n) is 10.5. The summed E-state index contributed by atoms with van der Waals surface area (Å²) in [5.74, 6) is -1.03. The number of rotatable bonds is 10. The summed E-state index contributed by atoms with van der Waals surface area (Å²) in [6, 6.07) is 0. The van der Waals surface area contributed by atoms with Crippen LogP contribution in [0.25, 0.3) is 0 Å². The van der Waals surface area contributed by atoms with Gasteiger partial charge in [0.1, 0.15) is 24.4 Å². The van der Waals surface area contributed by atoms with E-state index < -0.39 is 42.7 Å². The molecule has 0 aromatic carbocycles. The maximum atomic E-state index is 11.2. The second kappa shape index (κ2) is 19.6. The molecule has 0 fully saturated rings. The monoisotopic (exact) mass is 482 g/mol. The molecule has 8 nitrogen and oxygen atoms in total. The van der Waals surface area contributed by atoms with Crippen LogP contribution in [0.3, 0.4) is 0 Å². The molecule has 31 heavy (non-hydrogen) atoms. The molecule has 0 N–H and O–H groups in total. The van der Waals surface area contributed by atoms with Gasteiger partial charge < -0.3 is 9.47 Å². The van der Waals surface area contributed by atoms with Crippen LogP contribution in [-0.2, 0) is 55.2 Å². The second-order valence-corrected chi connectivity index (χ2v) is 9.42. The summed E-state index contributed by atoms with van der Waals surface area (Å²) < 4.78 is 19.2. The normalized spacial score (nSPS) is 10.5. The van der Waals surface area contributed by atoms with Crippen LogP contribution in [0.2, 0.25) is 0 Å². The SMILES string of the molecule is CCOC(=O)CC(=O)C(C)(C)C.CCOC(=O)CC(=O)C(C)(C)C.CC[O][Ti][O]CC. The summed E-state index contributed by atoms with van der Waals surface area (Å²) in [5, 5.41) is 0. The summed E-state index contributed by atoms with van der Waals surface area (Å²) >= 11 is -0.486. The van der Waals surface area contributed by atoms with E-state index in [0.717, 1.165) is 13.2 Å². The third-order valence-corrected chi connectivity index (χ3v) is 4.57. The molecular formula is C22H42O8Ti. The van der Waals surface area contributed by atoms with Crippen molar-refractivity contribution in [3.05, 3.63) is 0 Å². The van der Waals surface area contributed by atoms with E-state index in [4.69, 9.17) is 6.64 Å². The molecule has 0 saturated heterocycles. The topological polar surface area (TPSA) is 105 Å². The fourth-order valence-corrected chi connectivity index (χ4v) is 1.87. The van der Waals surface area contributed by atoms with E-state index in [9.17, 15) is 19.2 Å². The van der Waals surface area contributed by atoms with Gasteiger partial charge in [0.25, 0.3) is 0 Å². The molecule has 0 heterocycles. The van der Waals surface area contributed by atoms with Gasteiger partial charge in [0.2, 0.25) is 0 Å². The van der Waals surface area contributed by atoms with E-state index in [2.05, 4.69) is 9.47 Å². The Kier molecular flexibility index (Phi) is 21.8. The van der Waals surface area contributed by atoms with Gasteiger partial charge in [-0.25, -0.2) is 0 Å². The number of carbonyl (C=O) groups excluding carboxylic acids is 4. The van der Waals surface area contributed by atoms with Gasteiger partial charge in [-0.15, -0.1) is 0 Å². The van der Waals surface area contributed by atoms with Gasteiger partial charge in [-0.1, -0.05) is 41.5 Å². The van der Waals surface area contributed by atoms with Gasteiger partial charge in [0.15, 0.2) is 0 Å². The Morgan fingerprint density at radius 3 is 1.06 bits per heavy atom. The molecule has 0 saturated carbocycles. The van der Waals surface area contributed by atoms with Crippen LogP contribution < -0.4 is 0 Å². The Morgan fingerprint density at radius 1 is 0.581 bits per heavy atom. The number of Topliss-reactive ketones (excluding diaryl/α,β-unsaturated/α-hetero) is 2. The summed E-state index contributed by atoms with van der Waals surface area (Å²) in [4.78, 5) is 44.2. The Morgan fingerprint density at radius 2 is 0.871 bits per heavy atom. The van der Waals surface area contributed by atoms with Gasteiger partial charge >= 0.3 is 65.6 Å². The minimum atomic E-state index is -0.486. The van der Waals surface area contributed by atoms with Crippen LogP contribution in [0.4, 0.5) is 0 Å². The molecular weight excluding hydrogens is 440 g/mol. The quantitative estimate of drug-likeness (QED) is 0.199. The average molecular weight is 482 g/mol. The number of carbonyl (C=O) groups is 4. The summed E-state index contributed by atoms with van der Waals surface area (Å²) in [6.45, 7) is 20.4. The van der Waals surface area contributed by atoms with Crippen molar-refractivity contribution in [3.63, 3.8) is 0 Å². The van der Waals surface area contributed by atoms with Crippen molar-refractivity contribution in [2.45, 2.75) is 82.1 Å². The molecule has 9 heteroatoms. The third kappa shape index (κ3) is 25.1. The Bertz CT molecular complexity index is 473. The van der Waals surface area contributed by atoms with Crippen molar-refractivity contribution in [3.8, 4) is 0 Å². The van der Waals surface area contributed by atoms with Crippen LogP contribution in [0.5, 0.6) is 0 Å². The van der Waals surface area contributed by atoms with E-state index in [1.807, 2.05) is 13.8 Å². The van der Waals surface area contributed by atoms with E-state index >= 15 is 0 Å². The van der Waals surface area contributed by atoms with Crippen LogP contribution >= 0.6 is 0 Å². The molecule has 0 amide bonds. The first-order valence-corrected chi connectivity index (χ1v) is 11.8. The molecule has 182 valence electrons. The van der Waals surface area contributed by atoms with Gasteiger partial charge in [-0.2, -0.15) is 0 Å². The summed E-state index contributed by atoms with van der Waals surface area (Å²) in [7, 11) is 0. The molecule has 0 unspecified atom stereocenters. The second-order valence-electron chi connectivity index (χ2n) is 8.26. The zero-order valence-electron chi connectivity index (χ0n) is 21.0. The minimum absolute atomic E-state index is 0.0825. The van der Waals surface area contributed by atoms with Gasteiger partial charge in [-0.3, -0.25) is 19.2 Å². The molecule has 0 aliphatic rings. The first-order chi connectivity index (χ1) is 14.2. The van der Waals surface area contributed by atoms with Gasteiger partial charge in [-0.05, 0) is 13.8 Å². The van der Waals surface area contributed by atoms with Gasteiger partial charge in [0, 0.05) is 10.8 Å². The molecule has 0 atom stereocenters. The van der Waals surface area contributed by atoms with Crippen molar-refractivity contribution < 1.29 is 55.2 Å². The molecule has 0 aliphatic carbocycles. The molecule has 0 spiro atoms. The van der Waals surface area contributed by atoms with E-state index in [-0.39, 0.29) is 24.4 Å². The van der Waals surface area contributed by atoms with Crippen LogP contribution in [0.15, 0.2) is 0 Å². The van der Waals surface area contributed by atoms with Crippen LogP contribution in [0, 0.1) is 10.8 Å². The fourth-order valence-electron chi connectivity index (χ4n) is 1.38. The van der Waals surface area contributed by atoms with E-state index in [1.165, 1.54) is 0 Å². The zero-order chi connectivity index (χ0) is 25.1. The molecule has 0 aromatic heterocycles. The standard InChI is InChI=1S/2C9H16O3.2C2H5O.Ti/c2*1-5-12-8(11)6-7(10)9(2,3)4;2*1-2-3;/h2*5-6H2,1-4H3;2*2H2,1H3;/q;;2*-1;+2. The number of ketones is 2. The van der Waals surface area contributed by atoms with E-state index in [0.29, 0.717) is 13.2 Å². The van der Waals surface area contributed by atoms with Crippen LogP contribution in [0.1, 0.15) is 82.1 Å². The number of hydrogen-bond acceptors (Lipinski definition) is 8. The van der Waals surface area contributed by atoms with Crippen molar-refractivity contribution in [2.24, 2.45) is 10.8 Å². The predicted octanol–water partition coefficient (Wildman–Crippen LogP) is 4.08. The predicted molar refractivity (Wildman–Crippen MR) is 115 cm³/mol. The Labute approximate surface area is 198 Å². The number of hydrogen-bond donors (Lipinski definition) is 0. The van der Waals surface area contributed by atoms with Crippen molar-refractivity contribution >= 4 is 23.5 Å². The van der Waals surface area contributed by atoms with Crippen molar-refractivity contribution in [1.82, 2.24) is 0 Å². The first kappa shape index (κ1) is 34.5. The molecule has 0 radical (unpaired) electrons. The van der Waals surface area contributed by atoms with Gasteiger partial charge in [0.05, 0.1) is 13.2 Å². The number of esters is 2. The molecule has 0 rings (SSSR count). The Hall–Kier alpha value is -1.09. The third-order valence-electron chi connectivity index (χ3n) is 3.30. The Balaban J connectivity index is -0.000000394. The summed E-state index contributed by atoms with van der Waals surface area (Å²) in [5.41, 5.74) is -0.903. The van der Waals surface area contributed by atoms with E-state index in [1.54, 1.807) is 55.4 Å². The van der Waals surface area contributed by atoms with Crippen molar-refractivity contribution in [2.75, 3.05) is 26.4 Å². The zero-order valence-corrected chi connectivity index (χ0v) is 22.6. The fraction of sp³-hybridized carbons (Fsp3) is 0.818. The maximum absolute atomic E-state index is 11.2. The number of ether oxygens (including phenoxy) is 2. The molecule has 0 aromatic rings. The molecule has 0 aliphatic heterocycles. The van der Waals surface area contributed by atoms with Crippen LogP contribution in [-0.4, -0.2) is 49.9 Å². The van der Waals surface area contributed by atoms with Crippen molar-refractivity contribution in [1.29, 1.82) is 0 Å². The summed E-state index contributed by atoms with van der Waals surface area (Å²) in [6.07, 6.45) is -0.228. The molecule has 0 bridgehead atoms. The average Bonchev–Trinajstić information content (AvgIpc) is 2.62.